The first kappa shape index (κ1) is 15.1. The van der Waals surface area contributed by atoms with Gasteiger partial charge in [-0.25, -0.2) is 0 Å². The van der Waals surface area contributed by atoms with Crippen molar-refractivity contribution < 1.29 is 8.85 Å². The number of benzene rings is 2. The van der Waals surface area contributed by atoms with Gasteiger partial charge < -0.3 is 8.85 Å². The molecule has 0 saturated carbocycles. The highest BCUT2D eigenvalue weighted by molar-refractivity contribution is 9.09. The molecule has 2 nitrogen and oxygen atoms in total. The Morgan fingerprint density at radius 2 is 1.25 bits per heavy atom. The maximum absolute atomic E-state index is 6.07. The van der Waals surface area contributed by atoms with Gasteiger partial charge in [-0.2, -0.15) is 0 Å². The van der Waals surface area contributed by atoms with Gasteiger partial charge in [0.1, 0.15) is 11.5 Å². The fraction of sp³-hybridized carbons (Fsp3) is 0.250. The molecule has 0 aliphatic heterocycles. The highest BCUT2D eigenvalue weighted by Crippen LogP contribution is 2.17. The number of alkyl halides is 1. The van der Waals surface area contributed by atoms with Crippen LogP contribution in [0.5, 0.6) is 11.5 Å². The van der Waals surface area contributed by atoms with Gasteiger partial charge in [0.15, 0.2) is 0 Å². The van der Waals surface area contributed by atoms with Crippen molar-refractivity contribution >= 4 is 25.2 Å². The van der Waals surface area contributed by atoms with Gasteiger partial charge in [-0.1, -0.05) is 52.3 Å². The van der Waals surface area contributed by atoms with Crippen molar-refractivity contribution in [1.29, 1.82) is 0 Å². The Balaban J connectivity index is 1.96. The molecule has 0 fully saturated rings. The minimum atomic E-state index is -1.74. The number of hydrogen-bond acceptors (Lipinski definition) is 2. The molecule has 0 radical (unpaired) electrons. The Labute approximate surface area is 130 Å². The molecule has 0 aliphatic rings. The molecule has 0 unspecified atom stereocenters. The molecule has 2 aromatic rings. The van der Waals surface area contributed by atoms with Crippen LogP contribution < -0.4 is 8.85 Å². The zero-order chi connectivity index (χ0) is 14.0. The molecule has 2 rings (SSSR count). The number of unbranched alkanes of at least 4 members (excludes halogenated alkanes) is 1. The summed E-state index contributed by atoms with van der Waals surface area (Å²) in [6.45, 7) is 0. The second-order valence-corrected chi connectivity index (χ2v) is 7.18. The van der Waals surface area contributed by atoms with E-state index < -0.39 is 9.28 Å². The third-order valence-corrected chi connectivity index (χ3v) is 5.36. The SMILES string of the molecule is BrCCCC[SiH](Oc1ccccc1)Oc1ccccc1. The number of hydrogen-bond donors (Lipinski definition) is 0. The van der Waals surface area contributed by atoms with E-state index in [4.69, 9.17) is 8.85 Å². The predicted molar refractivity (Wildman–Crippen MR) is 89.1 cm³/mol. The van der Waals surface area contributed by atoms with Crippen molar-refractivity contribution in [2.45, 2.75) is 18.9 Å². The predicted octanol–water partition coefficient (Wildman–Crippen LogP) is 4.54. The smallest absolute Gasteiger partial charge is 0.444 e. The largest absolute Gasteiger partial charge is 0.514 e. The lowest BCUT2D eigenvalue weighted by atomic mass is 10.3. The molecule has 0 bridgehead atoms. The van der Waals surface area contributed by atoms with Gasteiger partial charge in [-0.15, -0.1) is 0 Å². The second kappa shape index (κ2) is 8.82. The Kier molecular flexibility index (Phi) is 6.67. The molecule has 0 spiro atoms. The number of rotatable bonds is 8. The highest BCUT2D eigenvalue weighted by Gasteiger charge is 2.17. The monoisotopic (exact) mass is 350 g/mol. The van der Waals surface area contributed by atoms with Crippen LogP contribution >= 0.6 is 15.9 Å². The lowest BCUT2D eigenvalue weighted by molar-refractivity contribution is 0.418. The lowest BCUT2D eigenvalue weighted by Crippen LogP contribution is -2.29. The van der Waals surface area contributed by atoms with E-state index in [2.05, 4.69) is 15.9 Å². The molecule has 0 heterocycles. The zero-order valence-electron chi connectivity index (χ0n) is 11.4. The van der Waals surface area contributed by atoms with Gasteiger partial charge in [0.2, 0.25) is 0 Å². The van der Waals surface area contributed by atoms with Crippen LogP contribution in [0.25, 0.3) is 0 Å². The summed E-state index contributed by atoms with van der Waals surface area (Å²) in [6.07, 6.45) is 2.28. The van der Waals surface area contributed by atoms with Crippen molar-refractivity contribution in [3.8, 4) is 11.5 Å². The molecule has 20 heavy (non-hydrogen) atoms. The molecule has 0 atom stereocenters. The third-order valence-electron chi connectivity index (χ3n) is 2.84. The van der Waals surface area contributed by atoms with Gasteiger partial charge in [0, 0.05) is 11.4 Å². The van der Waals surface area contributed by atoms with E-state index in [9.17, 15) is 0 Å². The molecule has 2 aromatic carbocycles. The molecular weight excluding hydrogens is 332 g/mol. The first-order valence-electron chi connectivity index (χ1n) is 6.88. The standard InChI is InChI=1S/C16H19BrO2Si/c17-13-7-8-14-20(18-15-9-3-1-4-10-15)19-16-11-5-2-6-12-16/h1-6,9-12,20H,7-8,13-14H2. The fourth-order valence-corrected chi connectivity index (χ4v) is 4.07. The Morgan fingerprint density at radius 1 is 0.750 bits per heavy atom. The number of halogens is 1. The van der Waals surface area contributed by atoms with Gasteiger partial charge >= 0.3 is 9.28 Å². The first-order valence-corrected chi connectivity index (χ1v) is 9.76. The van der Waals surface area contributed by atoms with Crippen molar-refractivity contribution in [2.75, 3.05) is 5.33 Å². The number of para-hydroxylation sites is 2. The van der Waals surface area contributed by atoms with E-state index in [-0.39, 0.29) is 0 Å². The second-order valence-electron chi connectivity index (χ2n) is 4.48. The Hall–Kier alpha value is -1.26. The van der Waals surface area contributed by atoms with E-state index in [1.54, 1.807) is 0 Å². The molecule has 0 aliphatic carbocycles. The summed E-state index contributed by atoms with van der Waals surface area (Å²) in [5.74, 6) is 1.80. The van der Waals surface area contributed by atoms with Gasteiger partial charge in [0.25, 0.3) is 0 Å². The third kappa shape index (κ3) is 5.39. The molecule has 0 N–H and O–H groups in total. The maximum atomic E-state index is 6.07. The van der Waals surface area contributed by atoms with Crippen LogP contribution in [0, 0.1) is 0 Å². The quantitative estimate of drug-likeness (QED) is 0.395. The van der Waals surface area contributed by atoms with E-state index in [1.807, 2.05) is 60.7 Å². The average Bonchev–Trinajstić information content (AvgIpc) is 2.49. The van der Waals surface area contributed by atoms with Crippen LogP contribution in [0.4, 0.5) is 0 Å². The van der Waals surface area contributed by atoms with Crippen molar-refractivity contribution in [3.63, 3.8) is 0 Å². The van der Waals surface area contributed by atoms with E-state index in [1.165, 1.54) is 0 Å². The summed E-state index contributed by atoms with van der Waals surface area (Å²) in [6, 6.07) is 20.9. The molecule has 0 amide bonds. The van der Waals surface area contributed by atoms with Crippen molar-refractivity contribution in [3.05, 3.63) is 60.7 Å². The summed E-state index contributed by atoms with van der Waals surface area (Å²) in [5.41, 5.74) is 0. The molecule has 0 aromatic heterocycles. The van der Waals surface area contributed by atoms with Crippen LogP contribution in [0.3, 0.4) is 0 Å². The molecule has 106 valence electrons. The minimum absolute atomic E-state index is 0.902. The molecule has 4 heteroatoms. The van der Waals surface area contributed by atoms with Gasteiger partial charge in [0.05, 0.1) is 0 Å². The van der Waals surface area contributed by atoms with E-state index in [0.29, 0.717) is 0 Å². The van der Waals surface area contributed by atoms with E-state index >= 15 is 0 Å². The minimum Gasteiger partial charge on any atom is -0.514 e. The van der Waals surface area contributed by atoms with Gasteiger partial charge in [-0.05, 0) is 37.1 Å². The topological polar surface area (TPSA) is 18.5 Å². The summed E-state index contributed by atoms with van der Waals surface area (Å²) in [5, 5.41) is 1.03. The summed E-state index contributed by atoms with van der Waals surface area (Å²) < 4.78 is 12.1. The van der Waals surface area contributed by atoms with Crippen LogP contribution in [0.1, 0.15) is 12.8 Å². The van der Waals surface area contributed by atoms with Crippen LogP contribution in [-0.2, 0) is 0 Å². The van der Waals surface area contributed by atoms with E-state index in [0.717, 1.165) is 35.7 Å². The van der Waals surface area contributed by atoms with Crippen molar-refractivity contribution in [1.82, 2.24) is 0 Å². The van der Waals surface area contributed by atoms with Crippen LogP contribution in [0.2, 0.25) is 6.04 Å². The average molecular weight is 351 g/mol. The summed E-state index contributed by atoms with van der Waals surface area (Å²) in [7, 11) is -1.74. The molecule has 0 saturated heterocycles. The fourth-order valence-electron chi connectivity index (χ4n) is 1.85. The Bertz CT molecular complexity index is 437. The summed E-state index contributed by atoms with van der Waals surface area (Å²) >= 11 is 3.47. The highest BCUT2D eigenvalue weighted by atomic mass is 79.9. The maximum Gasteiger partial charge on any atom is 0.444 e. The van der Waals surface area contributed by atoms with Crippen LogP contribution in [0.15, 0.2) is 60.7 Å². The van der Waals surface area contributed by atoms with Crippen LogP contribution in [-0.4, -0.2) is 14.6 Å². The molecular formula is C16H19BrO2Si. The zero-order valence-corrected chi connectivity index (χ0v) is 14.1. The summed E-state index contributed by atoms with van der Waals surface area (Å²) in [4.78, 5) is 0. The van der Waals surface area contributed by atoms with Crippen molar-refractivity contribution in [2.24, 2.45) is 0 Å². The normalized spacial score (nSPS) is 10.5. The first-order chi connectivity index (χ1) is 9.88. The Morgan fingerprint density at radius 3 is 1.70 bits per heavy atom. The lowest BCUT2D eigenvalue weighted by Gasteiger charge is -2.18. The van der Waals surface area contributed by atoms with Gasteiger partial charge in [-0.3, -0.25) is 0 Å².